The molecular weight excluding hydrogens is 497 g/mol. The first-order chi connectivity index (χ1) is 13.8. The van der Waals surface area contributed by atoms with Crippen molar-refractivity contribution in [1.29, 1.82) is 0 Å². The van der Waals surface area contributed by atoms with Crippen molar-refractivity contribution in [3.63, 3.8) is 0 Å². The zero-order chi connectivity index (χ0) is 19.2. The molecular formula is C21H22IN5OS. The molecule has 150 valence electrons. The first-order valence-electron chi connectivity index (χ1n) is 9.18. The third-order valence-electron chi connectivity index (χ3n) is 4.07. The van der Waals surface area contributed by atoms with E-state index in [1.54, 1.807) is 17.5 Å². The van der Waals surface area contributed by atoms with Crippen molar-refractivity contribution in [1.82, 2.24) is 20.6 Å². The molecule has 29 heavy (non-hydrogen) atoms. The third-order valence-corrected chi connectivity index (χ3v) is 5.12. The fourth-order valence-corrected chi connectivity index (χ4v) is 3.66. The van der Waals surface area contributed by atoms with E-state index >= 15 is 0 Å². The average molecular weight is 519 g/mol. The first kappa shape index (κ1) is 21.3. The highest BCUT2D eigenvalue weighted by atomic mass is 127. The lowest BCUT2D eigenvalue weighted by atomic mass is 10.3. The summed E-state index contributed by atoms with van der Waals surface area (Å²) < 4.78 is 7.14. The number of fused-ring (bicyclic) bond motifs is 1. The number of halogens is 1. The number of pyridine rings is 1. The second kappa shape index (κ2) is 10.4. The second-order valence-electron chi connectivity index (χ2n) is 6.12. The molecule has 8 heteroatoms. The van der Waals surface area contributed by atoms with E-state index in [0.717, 1.165) is 44.9 Å². The number of aliphatic imine (C=N–C) groups is 1. The number of aromatic nitrogens is 2. The van der Waals surface area contributed by atoms with Crippen LogP contribution in [0.1, 0.15) is 18.4 Å². The van der Waals surface area contributed by atoms with Crippen LogP contribution in [0.3, 0.4) is 0 Å². The Labute approximate surface area is 190 Å². The molecule has 4 rings (SSSR count). The molecule has 0 amide bonds. The van der Waals surface area contributed by atoms with Gasteiger partial charge in [-0.2, -0.15) is 0 Å². The number of hydrogen-bond donors (Lipinski definition) is 2. The molecule has 3 heterocycles. The molecule has 0 saturated carbocycles. The van der Waals surface area contributed by atoms with E-state index in [9.17, 15) is 0 Å². The topological polar surface area (TPSA) is 75.3 Å². The largest absolute Gasteiger partial charge is 0.457 e. The van der Waals surface area contributed by atoms with Gasteiger partial charge in [-0.05, 0) is 43.3 Å². The summed E-state index contributed by atoms with van der Waals surface area (Å²) in [6, 6.07) is 17.9. The Morgan fingerprint density at radius 2 is 1.93 bits per heavy atom. The van der Waals surface area contributed by atoms with Gasteiger partial charge >= 0.3 is 0 Å². The Kier molecular flexibility index (Phi) is 7.59. The van der Waals surface area contributed by atoms with E-state index < -0.39 is 0 Å². The molecule has 1 aromatic carbocycles. The predicted molar refractivity (Wildman–Crippen MR) is 129 cm³/mol. The Bertz CT molecular complexity index is 1040. The lowest BCUT2D eigenvalue weighted by molar-refractivity contribution is 0.513. The lowest BCUT2D eigenvalue weighted by Crippen LogP contribution is -2.36. The molecule has 4 aromatic rings. The van der Waals surface area contributed by atoms with Crippen molar-refractivity contribution < 1.29 is 4.42 Å². The van der Waals surface area contributed by atoms with Crippen LogP contribution >= 0.6 is 35.3 Å². The summed E-state index contributed by atoms with van der Waals surface area (Å²) in [5, 5.41) is 7.43. The van der Waals surface area contributed by atoms with Gasteiger partial charge in [0, 0.05) is 12.7 Å². The summed E-state index contributed by atoms with van der Waals surface area (Å²) in [6.45, 7) is 3.88. The average Bonchev–Trinajstić information content (AvgIpc) is 3.37. The van der Waals surface area contributed by atoms with Crippen molar-refractivity contribution in [3.8, 4) is 10.8 Å². The summed E-state index contributed by atoms with van der Waals surface area (Å²) in [5.41, 5.74) is 1.92. The Balaban J connectivity index is 0.00000240. The van der Waals surface area contributed by atoms with Gasteiger partial charge < -0.3 is 15.1 Å². The van der Waals surface area contributed by atoms with Gasteiger partial charge in [0.05, 0.1) is 29.0 Å². The molecule has 3 aromatic heterocycles. The van der Waals surface area contributed by atoms with Gasteiger partial charge in [-0.3, -0.25) is 4.98 Å². The van der Waals surface area contributed by atoms with Crippen LogP contribution in [0.5, 0.6) is 0 Å². The normalized spacial score (nSPS) is 11.3. The fraction of sp³-hybridized carbons (Fsp3) is 0.190. The minimum atomic E-state index is 0. The molecule has 0 aliphatic heterocycles. The molecule has 6 nitrogen and oxygen atoms in total. The Hall–Kier alpha value is -2.46. The van der Waals surface area contributed by atoms with Gasteiger partial charge in [-0.15, -0.1) is 35.3 Å². The zero-order valence-electron chi connectivity index (χ0n) is 16.0. The molecule has 0 saturated heterocycles. The van der Waals surface area contributed by atoms with Gasteiger partial charge in [-0.1, -0.05) is 18.2 Å². The SMILES string of the molecule is CCNC(=NCc1ccccn1)NCc1ccc(-c2nc3ccccc3s2)o1.I. The van der Waals surface area contributed by atoms with Crippen molar-refractivity contribution in [2.24, 2.45) is 4.99 Å². The number of guanidine groups is 1. The van der Waals surface area contributed by atoms with E-state index in [-0.39, 0.29) is 24.0 Å². The summed E-state index contributed by atoms with van der Waals surface area (Å²) in [5.74, 6) is 2.34. The van der Waals surface area contributed by atoms with Crippen LogP contribution in [0, 0.1) is 0 Å². The number of furan rings is 1. The minimum absolute atomic E-state index is 0. The number of benzene rings is 1. The standard InChI is InChI=1S/C21H21N5OS.HI/c1-2-22-21(24-13-15-7-5-6-12-23-15)25-14-16-10-11-18(27-16)20-26-17-8-3-4-9-19(17)28-20;/h3-12H,2,13-14H2,1H3,(H2,22,24,25);1H. The number of nitrogens with zero attached hydrogens (tertiary/aromatic N) is 3. The molecule has 0 unspecified atom stereocenters. The summed E-state index contributed by atoms with van der Waals surface area (Å²) in [4.78, 5) is 13.5. The van der Waals surface area contributed by atoms with Crippen LogP contribution in [0.2, 0.25) is 0 Å². The summed E-state index contributed by atoms with van der Waals surface area (Å²) in [7, 11) is 0. The first-order valence-corrected chi connectivity index (χ1v) is 10.00. The van der Waals surface area contributed by atoms with E-state index in [2.05, 4.69) is 31.7 Å². The monoisotopic (exact) mass is 519 g/mol. The van der Waals surface area contributed by atoms with Crippen LogP contribution in [0.15, 0.2) is 70.2 Å². The summed E-state index contributed by atoms with van der Waals surface area (Å²) >= 11 is 1.63. The van der Waals surface area contributed by atoms with Crippen LogP contribution < -0.4 is 10.6 Å². The summed E-state index contributed by atoms with van der Waals surface area (Å²) in [6.07, 6.45) is 1.78. The van der Waals surface area contributed by atoms with Crippen molar-refractivity contribution in [2.75, 3.05) is 6.54 Å². The molecule has 0 bridgehead atoms. The van der Waals surface area contributed by atoms with E-state index in [4.69, 9.17) is 4.42 Å². The molecule has 0 aliphatic rings. The van der Waals surface area contributed by atoms with E-state index in [0.29, 0.717) is 13.1 Å². The maximum Gasteiger partial charge on any atom is 0.192 e. The molecule has 0 fully saturated rings. The van der Waals surface area contributed by atoms with Crippen molar-refractivity contribution in [3.05, 3.63) is 72.2 Å². The second-order valence-corrected chi connectivity index (χ2v) is 7.15. The molecule has 0 aliphatic carbocycles. The Morgan fingerprint density at radius 1 is 1.07 bits per heavy atom. The van der Waals surface area contributed by atoms with Crippen molar-refractivity contribution in [2.45, 2.75) is 20.0 Å². The van der Waals surface area contributed by atoms with Gasteiger partial charge in [0.15, 0.2) is 16.7 Å². The lowest BCUT2D eigenvalue weighted by Gasteiger charge is -2.10. The van der Waals surface area contributed by atoms with Crippen LogP contribution in [0.4, 0.5) is 0 Å². The van der Waals surface area contributed by atoms with Gasteiger partial charge in [-0.25, -0.2) is 9.98 Å². The highest BCUT2D eigenvalue weighted by Crippen LogP contribution is 2.31. The van der Waals surface area contributed by atoms with Gasteiger partial charge in [0.25, 0.3) is 0 Å². The smallest absolute Gasteiger partial charge is 0.192 e. The molecule has 0 atom stereocenters. The molecule has 2 N–H and O–H groups in total. The van der Waals surface area contributed by atoms with E-state index in [1.165, 1.54) is 0 Å². The quantitative estimate of drug-likeness (QED) is 0.217. The number of hydrogen-bond acceptors (Lipinski definition) is 5. The highest BCUT2D eigenvalue weighted by molar-refractivity contribution is 14.0. The van der Waals surface area contributed by atoms with Crippen LogP contribution in [0.25, 0.3) is 21.0 Å². The van der Waals surface area contributed by atoms with Crippen LogP contribution in [-0.2, 0) is 13.1 Å². The van der Waals surface area contributed by atoms with E-state index in [1.807, 2.05) is 55.5 Å². The highest BCUT2D eigenvalue weighted by Gasteiger charge is 2.10. The molecule has 0 radical (unpaired) electrons. The number of rotatable bonds is 6. The van der Waals surface area contributed by atoms with Crippen LogP contribution in [-0.4, -0.2) is 22.5 Å². The maximum absolute atomic E-state index is 5.98. The maximum atomic E-state index is 5.98. The third kappa shape index (κ3) is 5.54. The zero-order valence-corrected chi connectivity index (χ0v) is 19.1. The molecule has 0 spiro atoms. The predicted octanol–water partition coefficient (Wildman–Crippen LogP) is 4.82. The number of para-hydroxylation sites is 1. The minimum Gasteiger partial charge on any atom is -0.457 e. The fourth-order valence-electron chi connectivity index (χ4n) is 2.73. The number of thiazole rings is 1. The van der Waals surface area contributed by atoms with Gasteiger partial charge in [0.1, 0.15) is 5.76 Å². The number of nitrogens with one attached hydrogen (secondary N) is 2. The van der Waals surface area contributed by atoms with Crippen molar-refractivity contribution >= 4 is 51.5 Å². The van der Waals surface area contributed by atoms with Gasteiger partial charge in [0.2, 0.25) is 0 Å². The Morgan fingerprint density at radius 3 is 2.72 bits per heavy atom.